The Hall–Kier alpha value is -1.10. The smallest absolute Gasteiger partial charge is 0.360 e. The molecule has 2 N–H and O–H groups in total. The molecule has 0 heterocycles. The van der Waals surface area contributed by atoms with Crippen molar-refractivity contribution in [3.8, 4) is 0 Å². The molecule has 0 spiro atoms. The van der Waals surface area contributed by atoms with Gasteiger partial charge in [-0.2, -0.15) is 0 Å². The second-order valence-corrected chi connectivity index (χ2v) is 1.86. The largest absolute Gasteiger partial charge is 0.415 e. The van der Waals surface area contributed by atoms with Gasteiger partial charge in [-0.1, -0.05) is 0 Å². The first-order valence-corrected chi connectivity index (χ1v) is 3.38. The van der Waals surface area contributed by atoms with Gasteiger partial charge in [0, 0.05) is 13.1 Å². The number of nitrogens with two attached hydrogens (primary N) is 1. The van der Waals surface area contributed by atoms with Gasteiger partial charge in [0.25, 0.3) is 0 Å². The van der Waals surface area contributed by atoms with Gasteiger partial charge in [0.15, 0.2) is 0 Å². The third-order valence-electron chi connectivity index (χ3n) is 1.12. The maximum Gasteiger partial charge on any atom is 0.415 e. The van der Waals surface area contributed by atoms with Crippen LogP contribution in [0.25, 0.3) is 0 Å². The summed E-state index contributed by atoms with van der Waals surface area (Å²) in [6.45, 7) is 4.68. The summed E-state index contributed by atoms with van der Waals surface area (Å²) in [7, 11) is 0. The van der Waals surface area contributed by atoms with Gasteiger partial charge < -0.3 is 10.6 Å². The Morgan fingerprint density at radius 1 is 1.36 bits per heavy atom. The lowest BCUT2D eigenvalue weighted by molar-refractivity contribution is -0.190. The Balaban J connectivity index is 3.81. The number of hydroxylamine groups is 2. The molecule has 1 amide bonds. The summed E-state index contributed by atoms with van der Waals surface area (Å²) in [5, 5.41) is 1.34. The lowest BCUT2D eigenvalue weighted by atomic mass is 10.6. The Bertz CT molecular complexity index is 154. The quantitative estimate of drug-likeness (QED) is 0.436. The number of amides is 1. The Morgan fingerprint density at radius 3 is 2.09 bits per heavy atom. The lowest BCUT2D eigenvalue weighted by Gasteiger charge is -2.15. The van der Waals surface area contributed by atoms with Crippen LogP contribution in [0.3, 0.4) is 0 Å². The highest BCUT2D eigenvalue weighted by molar-refractivity contribution is 6.31. The standard InChI is InChI=1S/C6H12N2O3/c1-3-8(4-2)11-6(10)5(7)9/h3-4H2,1-2H3,(H2,7,9). The molecular weight excluding hydrogens is 148 g/mol. The second-order valence-electron chi connectivity index (χ2n) is 1.86. The van der Waals surface area contributed by atoms with Crippen molar-refractivity contribution < 1.29 is 14.4 Å². The van der Waals surface area contributed by atoms with E-state index < -0.39 is 11.9 Å². The van der Waals surface area contributed by atoms with Crippen molar-refractivity contribution in [1.82, 2.24) is 5.06 Å². The fourth-order valence-corrected chi connectivity index (χ4v) is 0.515. The Labute approximate surface area is 65.1 Å². The van der Waals surface area contributed by atoms with E-state index >= 15 is 0 Å². The van der Waals surface area contributed by atoms with Gasteiger partial charge in [-0.3, -0.25) is 4.79 Å². The first-order valence-electron chi connectivity index (χ1n) is 3.38. The Morgan fingerprint density at radius 2 is 1.82 bits per heavy atom. The minimum atomic E-state index is -1.07. The van der Waals surface area contributed by atoms with Gasteiger partial charge in [-0.25, -0.2) is 4.79 Å². The van der Waals surface area contributed by atoms with E-state index in [2.05, 4.69) is 10.6 Å². The van der Waals surface area contributed by atoms with Gasteiger partial charge in [0.2, 0.25) is 0 Å². The molecule has 0 atom stereocenters. The number of carbonyl (C=O) groups is 2. The molecule has 0 aliphatic heterocycles. The van der Waals surface area contributed by atoms with Crippen LogP contribution in [0.5, 0.6) is 0 Å². The predicted molar refractivity (Wildman–Crippen MR) is 38.2 cm³/mol. The molecule has 0 aromatic rings. The maximum absolute atomic E-state index is 10.5. The highest BCUT2D eigenvalue weighted by Gasteiger charge is 2.13. The van der Waals surface area contributed by atoms with Gasteiger partial charge in [-0.05, 0) is 13.8 Å². The molecule has 0 aliphatic rings. The molecule has 5 heteroatoms. The first-order chi connectivity index (χ1) is 5.11. The molecule has 0 radical (unpaired) electrons. The van der Waals surface area contributed by atoms with E-state index in [4.69, 9.17) is 0 Å². The SMILES string of the molecule is CCN(CC)OC(=O)C(N)=O. The second kappa shape index (κ2) is 4.68. The van der Waals surface area contributed by atoms with E-state index in [1.54, 1.807) is 13.8 Å². The van der Waals surface area contributed by atoms with E-state index in [-0.39, 0.29) is 0 Å². The van der Waals surface area contributed by atoms with Gasteiger partial charge in [0.1, 0.15) is 0 Å². The van der Waals surface area contributed by atoms with Crippen molar-refractivity contribution in [3.05, 3.63) is 0 Å². The van der Waals surface area contributed by atoms with Crippen molar-refractivity contribution >= 4 is 11.9 Å². The summed E-state index contributed by atoms with van der Waals surface area (Å²) >= 11 is 0. The summed E-state index contributed by atoms with van der Waals surface area (Å²) in [5.41, 5.74) is 4.65. The first kappa shape index (κ1) is 9.90. The number of carbonyl (C=O) groups excluding carboxylic acids is 2. The molecule has 0 aromatic heterocycles. The lowest BCUT2D eigenvalue weighted by Crippen LogP contribution is -2.34. The molecule has 0 aromatic carbocycles. The van der Waals surface area contributed by atoms with Crippen LogP contribution in [0.1, 0.15) is 13.8 Å². The fraction of sp³-hybridized carbons (Fsp3) is 0.667. The minimum absolute atomic E-state index is 0.537. The van der Waals surface area contributed by atoms with Gasteiger partial charge in [-0.15, -0.1) is 5.06 Å². The van der Waals surface area contributed by atoms with E-state index in [0.717, 1.165) is 0 Å². The summed E-state index contributed by atoms with van der Waals surface area (Å²) in [6, 6.07) is 0. The Kier molecular flexibility index (Phi) is 4.21. The molecule has 64 valence electrons. The van der Waals surface area contributed by atoms with Crippen molar-refractivity contribution in [2.75, 3.05) is 13.1 Å². The molecule has 0 fully saturated rings. The van der Waals surface area contributed by atoms with Crippen molar-refractivity contribution in [2.45, 2.75) is 13.8 Å². The normalized spacial score (nSPS) is 9.73. The molecule has 0 unspecified atom stereocenters. The van der Waals surface area contributed by atoms with Crippen molar-refractivity contribution in [2.24, 2.45) is 5.73 Å². The average molecular weight is 160 g/mol. The van der Waals surface area contributed by atoms with E-state index in [9.17, 15) is 9.59 Å². The van der Waals surface area contributed by atoms with Crippen LogP contribution in [0.15, 0.2) is 0 Å². The molecule has 0 saturated carbocycles. The maximum atomic E-state index is 10.5. The minimum Gasteiger partial charge on any atom is -0.360 e. The molecule has 0 rings (SSSR count). The summed E-state index contributed by atoms with van der Waals surface area (Å²) < 4.78 is 0. The summed E-state index contributed by atoms with van der Waals surface area (Å²) in [5.74, 6) is -2.09. The molecule has 11 heavy (non-hydrogen) atoms. The van der Waals surface area contributed by atoms with Gasteiger partial charge in [0.05, 0.1) is 0 Å². The van der Waals surface area contributed by atoms with Crippen LogP contribution in [0, 0.1) is 0 Å². The van der Waals surface area contributed by atoms with Crippen LogP contribution in [-0.2, 0) is 14.4 Å². The monoisotopic (exact) mass is 160 g/mol. The van der Waals surface area contributed by atoms with Crippen LogP contribution in [0.4, 0.5) is 0 Å². The van der Waals surface area contributed by atoms with E-state index in [1.807, 2.05) is 0 Å². The number of hydrogen-bond acceptors (Lipinski definition) is 4. The molecule has 0 saturated heterocycles. The molecule has 0 aliphatic carbocycles. The zero-order chi connectivity index (χ0) is 8.85. The van der Waals surface area contributed by atoms with Crippen LogP contribution >= 0.6 is 0 Å². The highest BCUT2D eigenvalue weighted by Crippen LogP contribution is 1.88. The number of rotatable bonds is 3. The fourth-order valence-electron chi connectivity index (χ4n) is 0.515. The van der Waals surface area contributed by atoms with Gasteiger partial charge >= 0.3 is 11.9 Å². The zero-order valence-electron chi connectivity index (χ0n) is 6.66. The number of primary amides is 1. The zero-order valence-corrected chi connectivity index (χ0v) is 6.66. The van der Waals surface area contributed by atoms with Crippen LogP contribution in [-0.4, -0.2) is 30.0 Å². The van der Waals surface area contributed by atoms with Crippen molar-refractivity contribution in [1.29, 1.82) is 0 Å². The predicted octanol–water partition coefficient (Wildman–Crippen LogP) is -0.728. The summed E-state index contributed by atoms with van der Waals surface area (Å²) in [4.78, 5) is 25.3. The number of nitrogens with zero attached hydrogens (tertiary/aromatic N) is 1. The topological polar surface area (TPSA) is 72.6 Å². The number of hydrogen-bond donors (Lipinski definition) is 1. The molecular formula is C6H12N2O3. The molecule has 5 nitrogen and oxygen atoms in total. The van der Waals surface area contributed by atoms with E-state index in [0.29, 0.717) is 13.1 Å². The van der Waals surface area contributed by atoms with Crippen LogP contribution in [0.2, 0.25) is 0 Å². The average Bonchev–Trinajstić information content (AvgIpc) is 1.99. The van der Waals surface area contributed by atoms with Crippen LogP contribution < -0.4 is 5.73 Å². The highest BCUT2D eigenvalue weighted by atomic mass is 16.7. The van der Waals surface area contributed by atoms with Crippen molar-refractivity contribution in [3.63, 3.8) is 0 Å². The third-order valence-corrected chi connectivity index (χ3v) is 1.12. The van der Waals surface area contributed by atoms with E-state index in [1.165, 1.54) is 5.06 Å². The summed E-state index contributed by atoms with van der Waals surface area (Å²) in [6.07, 6.45) is 0. The molecule has 0 bridgehead atoms. The third kappa shape index (κ3) is 3.57.